The fourth-order valence-electron chi connectivity index (χ4n) is 2.25. The molecular formula is C13H27ClN2O2. The van der Waals surface area contributed by atoms with E-state index in [0.29, 0.717) is 25.0 Å². The van der Waals surface area contributed by atoms with Crippen molar-refractivity contribution in [1.82, 2.24) is 10.2 Å². The highest BCUT2D eigenvalue weighted by Gasteiger charge is 2.25. The first kappa shape index (κ1) is 17.7. The van der Waals surface area contributed by atoms with Crippen LogP contribution in [0.25, 0.3) is 0 Å². The fourth-order valence-corrected chi connectivity index (χ4v) is 2.25. The van der Waals surface area contributed by atoms with Crippen molar-refractivity contribution in [3.63, 3.8) is 0 Å². The summed E-state index contributed by atoms with van der Waals surface area (Å²) < 4.78 is 5.08. The van der Waals surface area contributed by atoms with Crippen LogP contribution in [0.4, 0.5) is 0 Å². The normalized spacial score (nSPS) is 19.4. The zero-order valence-electron chi connectivity index (χ0n) is 11.8. The maximum absolute atomic E-state index is 12.4. The number of ether oxygens (including phenoxy) is 1. The minimum Gasteiger partial charge on any atom is -0.383 e. The molecule has 0 aromatic rings. The molecule has 1 aliphatic rings. The average molecular weight is 279 g/mol. The summed E-state index contributed by atoms with van der Waals surface area (Å²) in [6.45, 7) is 8.34. The lowest BCUT2D eigenvalue weighted by molar-refractivity contribution is -0.137. The van der Waals surface area contributed by atoms with Gasteiger partial charge in [-0.05, 0) is 25.3 Å². The molecule has 0 aliphatic carbocycles. The molecule has 1 heterocycles. The van der Waals surface area contributed by atoms with E-state index in [4.69, 9.17) is 4.74 Å². The molecule has 0 radical (unpaired) electrons. The second kappa shape index (κ2) is 9.59. The summed E-state index contributed by atoms with van der Waals surface area (Å²) in [6, 6.07) is 0. The van der Waals surface area contributed by atoms with Gasteiger partial charge in [-0.25, -0.2) is 0 Å². The molecule has 4 nitrogen and oxygen atoms in total. The lowest BCUT2D eigenvalue weighted by Crippen LogP contribution is -2.45. The molecule has 0 bridgehead atoms. The van der Waals surface area contributed by atoms with Crippen LogP contribution in [0.3, 0.4) is 0 Å². The summed E-state index contributed by atoms with van der Waals surface area (Å²) >= 11 is 0. The number of hydrogen-bond donors (Lipinski definition) is 1. The van der Waals surface area contributed by atoms with Crippen LogP contribution in [-0.4, -0.2) is 50.7 Å². The van der Waals surface area contributed by atoms with Gasteiger partial charge in [0.1, 0.15) is 0 Å². The molecule has 5 heteroatoms. The maximum atomic E-state index is 12.4. The van der Waals surface area contributed by atoms with Crippen molar-refractivity contribution < 1.29 is 9.53 Å². The zero-order chi connectivity index (χ0) is 12.7. The van der Waals surface area contributed by atoms with Crippen LogP contribution in [0.2, 0.25) is 0 Å². The molecule has 0 spiro atoms. The van der Waals surface area contributed by atoms with E-state index in [-0.39, 0.29) is 18.3 Å². The minimum atomic E-state index is 0. The van der Waals surface area contributed by atoms with E-state index in [1.807, 2.05) is 4.90 Å². The number of carbonyl (C=O) groups is 1. The predicted molar refractivity (Wildman–Crippen MR) is 76.1 cm³/mol. The maximum Gasteiger partial charge on any atom is 0.227 e. The number of hydrogen-bond acceptors (Lipinski definition) is 3. The van der Waals surface area contributed by atoms with Crippen molar-refractivity contribution in [2.24, 2.45) is 11.8 Å². The Bertz CT molecular complexity index is 231. The van der Waals surface area contributed by atoms with E-state index >= 15 is 0 Å². The monoisotopic (exact) mass is 278 g/mol. The summed E-state index contributed by atoms with van der Waals surface area (Å²) in [5, 5.41) is 3.30. The molecule has 1 atom stereocenters. The quantitative estimate of drug-likeness (QED) is 0.801. The fraction of sp³-hybridized carbons (Fsp3) is 0.923. The molecule has 1 rings (SSSR count). The van der Waals surface area contributed by atoms with E-state index in [1.165, 1.54) is 0 Å². The third-order valence-corrected chi connectivity index (χ3v) is 3.11. The van der Waals surface area contributed by atoms with Crippen molar-refractivity contribution in [2.45, 2.75) is 26.7 Å². The van der Waals surface area contributed by atoms with Gasteiger partial charge in [0.15, 0.2) is 0 Å². The number of amides is 1. The zero-order valence-corrected chi connectivity index (χ0v) is 12.6. The Morgan fingerprint density at radius 1 is 1.50 bits per heavy atom. The molecule has 0 saturated carbocycles. The summed E-state index contributed by atoms with van der Waals surface area (Å²) in [7, 11) is 1.68. The number of methoxy groups -OCH3 is 1. The number of halogens is 1. The topological polar surface area (TPSA) is 41.6 Å². The summed E-state index contributed by atoms with van der Waals surface area (Å²) in [4.78, 5) is 14.3. The Kier molecular flexibility index (Phi) is 9.42. The Balaban J connectivity index is 0.00000289. The molecule has 1 aliphatic heterocycles. The first-order chi connectivity index (χ1) is 8.15. The Labute approximate surface area is 117 Å². The van der Waals surface area contributed by atoms with Gasteiger partial charge in [-0.1, -0.05) is 13.8 Å². The molecular weight excluding hydrogens is 252 g/mol. The third kappa shape index (κ3) is 6.03. The van der Waals surface area contributed by atoms with Crippen LogP contribution in [-0.2, 0) is 9.53 Å². The van der Waals surface area contributed by atoms with Gasteiger partial charge in [-0.2, -0.15) is 0 Å². The molecule has 1 saturated heterocycles. The van der Waals surface area contributed by atoms with E-state index < -0.39 is 0 Å². The number of rotatable bonds is 6. The first-order valence-electron chi connectivity index (χ1n) is 6.63. The molecule has 1 unspecified atom stereocenters. The van der Waals surface area contributed by atoms with Crippen LogP contribution in [0.15, 0.2) is 0 Å². The standard InChI is InChI=1S/C13H26N2O2.ClH/c1-11(2)10-15(7-8-17-3)13(16)12-5-4-6-14-9-12;/h11-12,14H,4-10H2,1-3H3;1H. The van der Waals surface area contributed by atoms with Crippen molar-refractivity contribution in [1.29, 1.82) is 0 Å². The van der Waals surface area contributed by atoms with Crippen molar-refractivity contribution in [2.75, 3.05) is 39.9 Å². The molecule has 1 amide bonds. The summed E-state index contributed by atoms with van der Waals surface area (Å²) in [6.07, 6.45) is 2.13. The van der Waals surface area contributed by atoms with Crippen LogP contribution in [0, 0.1) is 11.8 Å². The number of nitrogens with one attached hydrogen (secondary N) is 1. The molecule has 18 heavy (non-hydrogen) atoms. The van der Waals surface area contributed by atoms with Gasteiger partial charge < -0.3 is 15.0 Å². The second-order valence-electron chi connectivity index (χ2n) is 5.21. The first-order valence-corrected chi connectivity index (χ1v) is 6.63. The highest BCUT2D eigenvalue weighted by molar-refractivity contribution is 5.85. The van der Waals surface area contributed by atoms with Gasteiger partial charge in [0.05, 0.1) is 12.5 Å². The van der Waals surface area contributed by atoms with Gasteiger partial charge in [0, 0.05) is 26.7 Å². The van der Waals surface area contributed by atoms with Gasteiger partial charge in [0.2, 0.25) is 5.91 Å². The van der Waals surface area contributed by atoms with Gasteiger partial charge >= 0.3 is 0 Å². The van der Waals surface area contributed by atoms with E-state index in [9.17, 15) is 4.79 Å². The van der Waals surface area contributed by atoms with Gasteiger partial charge in [-0.3, -0.25) is 4.79 Å². The summed E-state index contributed by atoms with van der Waals surface area (Å²) in [5.41, 5.74) is 0. The highest BCUT2D eigenvalue weighted by Crippen LogP contribution is 2.14. The molecule has 1 fully saturated rings. The number of piperidine rings is 1. The predicted octanol–water partition coefficient (Wildman–Crippen LogP) is 1.54. The number of nitrogens with zero attached hydrogens (tertiary/aromatic N) is 1. The lowest BCUT2D eigenvalue weighted by atomic mass is 9.97. The van der Waals surface area contributed by atoms with Crippen molar-refractivity contribution in [3.05, 3.63) is 0 Å². The van der Waals surface area contributed by atoms with Crippen LogP contribution in [0.5, 0.6) is 0 Å². The molecule has 0 aromatic heterocycles. The van der Waals surface area contributed by atoms with Gasteiger partial charge in [-0.15, -0.1) is 12.4 Å². The Morgan fingerprint density at radius 2 is 2.22 bits per heavy atom. The summed E-state index contributed by atoms with van der Waals surface area (Å²) in [5.74, 6) is 0.967. The lowest BCUT2D eigenvalue weighted by Gasteiger charge is -2.30. The van der Waals surface area contributed by atoms with Crippen molar-refractivity contribution >= 4 is 18.3 Å². The molecule has 108 valence electrons. The van der Waals surface area contributed by atoms with E-state index in [2.05, 4.69) is 19.2 Å². The average Bonchev–Trinajstić information content (AvgIpc) is 2.34. The van der Waals surface area contributed by atoms with E-state index in [1.54, 1.807) is 7.11 Å². The molecule has 1 N–H and O–H groups in total. The smallest absolute Gasteiger partial charge is 0.227 e. The van der Waals surface area contributed by atoms with Gasteiger partial charge in [0.25, 0.3) is 0 Å². The molecule has 0 aromatic carbocycles. The number of carbonyl (C=O) groups excluding carboxylic acids is 1. The van der Waals surface area contributed by atoms with Crippen LogP contribution >= 0.6 is 12.4 Å². The van der Waals surface area contributed by atoms with Crippen molar-refractivity contribution in [3.8, 4) is 0 Å². The van der Waals surface area contributed by atoms with Crippen LogP contribution < -0.4 is 5.32 Å². The van der Waals surface area contributed by atoms with Crippen LogP contribution in [0.1, 0.15) is 26.7 Å². The minimum absolute atomic E-state index is 0. The highest BCUT2D eigenvalue weighted by atomic mass is 35.5. The Hall–Kier alpha value is -0.320. The largest absolute Gasteiger partial charge is 0.383 e. The SMILES string of the molecule is COCCN(CC(C)C)C(=O)C1CCCNC1.Cl. The second-order valence-corrected chi connectivity index (χ2v) is 5.21. The third-order valence-electron chi connectivity index (χ3n) is 3.11. The van der Waals surface area contributed by atoms with E-state index in [0.717, 1.165) is 32.5 Å². The Morgan fingerprint density at radius 3 is 2.72 bits per heavy atom.